The van der Waals surface area contributed by atoms with Crippen LogP contribution in [0.2, 0.25) is 0 Å². The largest absolute Gasteiger partial charge is 0.339 e. The molecule has 0 spiro atoms. The number of para-hydroxylation sites is 1. The highest BCUT2D eigenvalue weighted by atomic mass is 32.2. The van der Waals surface area contributed by atoms with Gasteiger partial charge in [-0.3, -0.25) is 13.9 Å². The summed E-state index contributed by atoms with van der Waals surface area (Å²) in [6.45, 7) is 5.59. The van der Waals surface area contributed by atoms with Crippen LogP contribution in [-0.4, -0.2) is 51.0 Å². The van der Waals surface area contributed by atoms with Gasteiger partial charge in [0, 0.05) is 26.1 Å². The third-order valence-electron chi connectivity index (χ3n) is 6.02. The molecule has 178 valence electrons. The summed E-state index contributed by atoms with van der Waals surface area (Å²) < 4.78 is 26.0. The van der Waals surface area contributed by atoms with E-state index in [1.807, 2.05) is 30.9 Å². The zero-order valence-corrected chi connectivity index (χ0v) is 20.5. The third kappa shape index (κ3) is 6.57. The van der Waals surface area contributed by atoms with Crippen LogP contribution in [0.25, 0.3) is 0 Å². The minimum absolute atomic E-state index is 0.0661. The number of nitrogens with zero attached hydrogens (tertiary/aromatic N) is 2. The molecule has 0 atom stereocenters. The molecule has 0 saturated carbocycles. The Labute approximate surface area is 196 Å². The molecule has 0 aromatic heterocycles. The van der Waals surface area contributed by atoms with Crippen LogP contribution >= 0.6 is 0 Å². The van der Waals surface area contributed by atoms with E-state index in [1.165, 1.54) is 10.6 Å². The van der Waals surface area contributed by atoms with Gasteiger partial charge in [-0.1, -0.05) is 18.2 Å². The maximum absolute atomic E-state index is 12.9. The molecular formula is C25H33N3O4S. The van der Waals surface area contributed by atoms with Crippen molar-refractivity contribution in [3.8, 4) is 0 Å². The monoisotopic (exact) mass is 471 g/mol. The van der Waals surface area contributed by atoms with E-state index in [0.717, 1.165) is 43.5 Å². The second kappa shape index (κ2) is 10.8. The number of piperidine rings is 1. The maximum Gasteiger partial charge on any atom is 0.255 e. The van der Waals surface area contributed by atoms with Gasteiger partial charge in [-0.15, -0.1) is 0 Å². The van der Waals surface area contributed by atoms with Crippen molar-refractivity contribution in [3.05, 3.63) is 59.2 Å². The molecule has 0 bridgehead atoms. The van der Waals surface area contributed by atoms with Crippen molar-refractivity contribution in [1.29, 1.82) is 0 Å². The highest BCUT2D eigenvalue weighted by molar-refractivity contribution is 7.92. The fourth-order valence-electron chi connectivity index (χ4n) is 4.01. The van der Waals surface area contributed by atoms with Gasteiger partial charge in [-0.05, 0) is 74.9 Å². The summed E-state index contributed by atoms with van der Waals surface area (Å²) in [7, 11) is -3.48. The van der Waals surface area contributed by atoms with E-state index in [9.17, 15) is 18.0 Å². The first-order chi connectivity index (χ1) is 15.7. The third-order valence-corrected chi connectivity index (χ3v) is 7.21. The number of anilines is 2. The number of amides is 2. The average molecular weight is 472 g/mol. The second-order valence-electron chi connectivity index (χ2n) is 8.65. The standard InChI is InChI=1S/C25H33N3O4S/c1-19-13-14-21(18-20(19)2)28(33(3,31)32)17-9-12-24(29)26-23-11-6-5-10-22(23)25(30)27-15-7-4-8-16-27/h5-6,10-11,13-14,18H,4,7-9,12,15-17H2,1-3H3,(H,26,29). The molecule has 1 saturated heterocycles. The zero-order valence-electron chi connectivity index (χ0n) is 19.6. The van der Waals surface area contributed by atoms with Crippen LogP contribution in [0.15, 0.2) is 42.5 Å². The summed E-state index contributed by atoms with van der Waals surface area (Å²) in [6, 6.07) is 12.6. The average Bonchev–Trinajstić information content (AvgIpc) is 2.78. The summed E-state index contributed by atoms with van der Waals surface area (Å²) in [4.78, 5) is 27.4. The first-order valence-electron chi connectivity index (χ1n) is 11.4. The number of aryl methyl sites for hydroxylation is 2. The first-order valence-corrected chi connectivity index (χ1v) is 13.2. The van der Waals surface area contributed by atoms with Crippen LogP contribution in [0, 0.1) is 13.8 Å². The summed E-state index contributed by atoms with van der Waals surface area (Å²) >= 11 is 0. The molecule has 1 heterocycles. The predicted molar refractivity (Wildman–Crippen MR) is 132 cm³/mol. The number of carbonyl (C=O) groups is 2. The number of rotatable bonds is 8. The van der Waals surface area contributed by atoms with Crippen molar-refractivity contribution in [2.75, 3.05) is 35.5 Å². The normalized spacial score (nSPS) is 14.1. The SMILES string of the molecule is Cc1ccc(N(CCCC(=O)Nc2ccccc2C(=O)N2CCCCC2)S(C)(=O)=O)cc1C. The van der Waals surface area contributed by atoms with Crippen molar-refractivity contribution in [3.63, 3.8) is 0 Å². The second-order valence-corrected chi connectivity index (χ2v) is 10.6. The van der Waals surface area contributed by atoms with Gasteiger partial charge >= 0.3 is 0 Å². The Hall–Kier alpha value is -2.87. The molecule has 2 aromatic rings. The smallest absolute Gasteiger partial charge is 0.255 e. The van der Waals surface area contributed by atoms with Gasteiger partial charge < -0.3 is 10.2 Å². The lowest BCUT2D eigenvalue weighted by Gasteiger charge is -2.27. The lowest BCUT2D eigenvalue weighted by Crippen LogP contribution is -2.36. The van der Waals surface area contributed by atoms with E-state index in [-0.39, 0.29) is 24.8 Å². The van der Waals surface area contributed by atoms with Gasteiger partial charge in [0.2, 0.25) is 15.9 Å². The van der Waals surface area contributed by atoms with Gasteiger partial charge in [0.05, 0.1) is 23.2 Å². The van der Waals surface area contributed by atoms with Crippen LogP contribution < -0.4 is 9.62 Å². The molecular weight excluding hydrogens is 438 g/mol. The molecule has 0 radical (unpaired) electrons. The minimum Gasteiger partial charge on any atom is -0.339 e. The Morgan fingerprint density at radius 3 is 2.36 bits per heavy atom. The minimum atomic E-state index is -3.48. The zero-order chi connectivity index (χ0) is 24.0. The highest BCUT2D eigenvalue weighted by Crippen LogP contribution is 2.23. The van der Waals surface area contributed by atoms with Gasteiger partial charge in [0.15, 0.2) is 0 Å². The molecule has 1 fully saturated rings. The number of sulfonamides is 1. The van der Waals surface area contributed by atoms with E-state index >= 15 is 0 Å². The van der Waals surface area contributed by atoms with Crippen molar-refractivity contribution >= 4 is 33.2 Å². The Bertz CT molecular complexity index is 1110. The fraction of sp³-hybridized carbons (Fsp3) is 0.440. The molecule has 0 unspecified atom stereocenters. The number of likely N-dealkylation sites (tertiary alicyclic amines) is 1. The van der Waals surface area contributed by atoms with Gasteiger partial charge in [-0.2, -0.15) is 0 Å². The maximum atomic E-state index is 12.9. The summed E-state index contributed by atoms with van der Waals surface area (Å²) in [6.07, 6.45) is 4.80. The van der Waals surface area contributed by atoms with E-state index in [2.05, 4.69) is 5.32 Å². The number of hydrogen-bond donors (Lipinski definition) is 1. The predicted octanol–water partition coefficient (Wildman–Crippen LogP) is 4.11. The Morgan fingerprint density at radius 1 is 1.00 bits per heavy atom. The summed E-state index contributed by atoms with van der Waals surface area (Å²) in [5, 5.41) is 2.84. The molecule has 1 N–H and O–H groups in total. The van der Waals surface area contributed by atoms with Gasteiger partial charge in [-0.25, -0.2) is 8.42 Å². The van der Waals surface area contributed by atoms with E-state index in [4.69, 9.17) is 0 Å². The van der Waals surface area contributed by atoms with E-state index < -0.39 is 10.0 Å². The molecule has 1 aliphatic heterocycles. The number of nitrogens with one attached hydrogen (secondary N) is 1. The van der Waals surface area contributed by atoms with E-state index in [1.54, 1.807) is 30.3 Å². The van der Waals surface area contributed by atoms with Crippen LogP contribution in [0.3, 0.4) is 0 Å². The lowest BCUT2D eigenvalue weighted by molar-refractivity contribution is -0.116. The molecule has 8 heteroatoms. The van der Waals surface area contributed by atoms with Gasteiger partial charge in [0.25, 0.3) is 5.91 Å². The number of hydrogen-bond acceptors (Lipinski definition) is 4. The Morgan fingerprint density at radius 2 is 1.70 bits per heavy atom. The highest BCUT2D eigenvalue weighted by Gasteiger charge is 2.22. The fourth-order valence-corrected chi connectivity index (χ4v) is 4.97. The lowest BCUT2D eigenvalue weighted by atomic mass is 10.1. The molecule has 2 amide bonds. The van der Waals surface area contributed by atoms with Crippen LogP contribution in [0.4, 0.5) is 11.4 Å². The van der Waals surface area contributed by atoms with Crippen molar-refractivity contribution < 1.29 is 18.0 Å². The topological polar surface area (TPSA) is 86.8 Å². The Balaban J connectivity index is 1.63. The molecule has 3 rings (SSSR count). The van der Waals surface area contributed by atoms with Crippen molar-refractivity contribution in [1.82, 2.24) is 4.90 Å². The van der Waals surface area contributed by atoms with E-state index in [0.29, 0.717) is 23.4 Å². The molecule has 0 aliphatic carbocycles. The van der Waals surface area contributed by atoms with Gasteiger partial charge in [0.1, 0.15) is 0 Å². The summed E-state index contributed by atoms with van der Waals surface area (Å²) in [5.41, 5.74) is 3.67. The van der Waals surface area contributed by atoms with Crippen LogP contribution in [0.5, 0.6) is 0 Å². The number of carbonyl (C=O) groups excluding carboxylic acids is 2. The quantitative estimate of drug-likeness (QED) is 0.628. The molecule has 1 aliphatic rings. The molecule has 2 aromatic carbocycles. The van der Waals surface area contributed by atoms with Crippen molar-refractivity contribution in [2.24, 2.45) is 0 Å². The number of benzene rings is 2. The Kier molecular flexibility index (Phi) is 8.13. The van der Waals surface area contributed by atoms with Crippen LogP contribution in [0.1, 0.15) is 53.6 Å². The molecule has 7 nitrogen and oxygen atoms in total. The summed E-state index contributed by atoms with van der Waals surface area (Å²) in [5.74, 6) is -0.314. The van der Waals surface area contributed by atoms with Crippen molar-refractivity contribution in [2.45, 2.75) is 46.0 Å². The molecule has 33 heavy (non-hydrogen) atoms. The first kappa shape index (κ1) is 24.8. The van der Waals surface area contributed by atoms with Crippen LogP contribution in [-0.2, 0) is 14.8 Å².